The highest BCUT2D eigenvalue weighted by molar-refractivity contribution is 5.85. The van der Waals surface area contributed by atoms with Crippen LogP contribution in [0, 0.1) is 11.8 Å². The van der Waals surface area contributed by atoms with Crippen LogP contribution in [-0.4, -0.2) is 46.6 Å². The fourth-order valence-corrected chi connectivity index (χ4v) is 5.64. The van der Waals surface area contributed by atoms with Gasteiger partial charge < -0.3 is 20.8 Å². The van der Waals surface area contributed by atoms with Gasteiger partial charge in [0.15, 0.2) is 0 Å². The zero-order valence-corrected chi connectivity index (χ0v) is 25.2. The van der Waals surface area contributed by atoms with Crippen molar-refractivity contribution >= 4 is 23.8 Å². The Kier molecular flexibility index (Phi) is 21.2. The number of unbranched alkanes of at least 4 members (excludes halogenated alkanes) is 15. The van der Waals surface area contributed by atoms with E-state index in [0.29, 0.717) is 31.7 Å². The molecule has 0 aromatic rings. The molecule has 0 bridgehead atoms. The van der Waals surface area contributed by atoms with Crippen molar-refractivity contribution in [3.8, 4) is 0 Å². The minimum atomic E-state index is -0.985. The highest BCUT2D eigenvalue weighted by atomic mass is 16.4. The van der Waals surface area contributed by atoms with E-state index in [9.17, 15) is 19.2 Å². The van der Waals surface area contributed by atoms with Crippen LogP contribution in [-0.2, 0) is 19.2 Å². The number of nitrogens with one attached hydrogen (secondary N) is 2. The summed E-state index contributed by atoms with van der Waals surface area (Å²) in [6.07, 6.45) is 23.8. The van der Waals surface area contributed by atoms with E-state index in [2.05, 4.69) is 10.6 Å². The van der Waals surface area contributed by atoms with Gasteiger partial charge in [-0.25, -0.2) is 4.79 Å². The molecular formula is C32H58N2O6. The van der Waals surface area contributed by atoms with E-state index in [-0.39, 0.29) is 17.7 Å². The van der Waals surface area contributed by atoms with Gasteiger partial charge in [-0.2, -0.15) is 0 Å². The second kappa shape index (κ2) is 23.6. The Morgan fingerprint density at radius 2 is 1.07 bits per heavy atom. The number of carbonyl (C=O) groups excluding carboxylic acids is 2. The van der Waals surface area contributed by atoms with Crippen molar-refractivity contribution in [1.29, 1.82) is 0 Å². The lowest BCUT2D eigenvalue weighted by Gasteiger charge is -2.28. The largest absolute Gasteiger partial charge is 0.481 e. The number of rotatable bonds is 25. The highest BCUT2D eigenvalue weighted by Gasteiger charge is 2.28. The summed E-state index contributed by atoms with van der Waals surface area (Å²) in [4.78, 5) is 46.1. The van der Waals surface area contributed by atoms with Crippen LogP contribution in [0.25, 0.3) is 0 Å². The molecule has 4 N–H and O–H groups in total. The molecule has 0 heterocycles. The summed E-state index contributed by atoms with van der Waals surface area (Å²) in [5, 5.41) is 23.5. The molecule has 0 aromatic heterocycles. The average molecular weight is 567 g/mol. The van der Waals surface area contributed by atoms with Crippen LogP contribution in [0.4, 0.5) is 0 Å². The molecule has 1 aliphatic carbocycles. The first-order valence-corrected chi connectivity index (χ1v) is 16.3. The molecule has 1 fully saturated rings. The third-order valence-electron chi connectivity index (χ3n) is 8.37. The molecule has 0 spiro atoms. The van der Waals surface area contributed by atoms with Crippen molar-refractivity contribution in [2.75, 3.05) is 6.54 Å². The van der Waals surface area contributed by atoms with Gasteiger partial charge in [-0.15, -0.1) is 0 Å². The number of carbonyl (C=O) groups is 4. The van der Waals surface area contributed by atoms with E-state index in [0.717, 1.165) is 51.4 Å². The van der Waals surface area contributed by atoms with E-state index in [4.69, 9.17) is 10.2 Å². The summed E-state index contributed by atoms with van der Waals surface area (Å²) in [5.41, 5.74) is 0. The lowest BCUT2D eigenvalue weighted by Crippen LogP contribution is -2.44. The van der Waals surface area contributed by atoms with E-state index in [1.54, 1.807) is 6.92 Å². The molecule has 8 heteroatoms. The minimum absolute atomic E-state index is 0.120. The third kappa shape index (κ3) is 19.0. The zero-order valence-electron chi connectivity index (χ0n) is 25.2. The fourth-order valence-electron chi connectivity index (χ4n) is 5.64. The normalized spacial score (nSPS) is 17.7. The van der Waals surface area contributed by atoms with E-state index < -0.39 is 18.0 Å². The number of carboxylic acid groups (broad SMARTS) is 2. The van der Waals surface area contributed by atoms with Gasteiger partial charge in [0.2, 0.25) is 11.8 Å². The molecular weight excluding hydrogens is 508 g/mol. The van der Waals surface area contributed by atoms with Crippen molar-refractivity contribution in [2.45, 2.75) is 161 Å². The van der Waals surface area contributed by atoms with Gasteiger partial charge in [-0.05, 0) is 50.9 Å². The van der Waals surface area contributed by atoms with Gasteiger partial charge in [-0.1, -0.05) is 96.8 Å². The molecule has 1 rings (SSSR count). The molecule has 1 atom stereocenters. The van der Waals surface area contributed by atoms with Crippen LogP contribution in [0.3, 0.4) is 0 Å². The molecule has 1 aliphatic rings. The van der Waals surface area contributed by atoms with E-state index >= 15 is 0 Å². The average Bonchev–Trinajstić information content (AvgIpc) is 2.93. The molecule has 8 nitrogen and oxygen atoms in total. The Morgan fingerprint density at radius 3 is 1.48 bits per heavy atom. The minimum Gasteiger partial charge on any atom is -0.481 e. The topological polar surface area (TPSA) is 133 Å². The predicted octanol–water partition coefficient (Wildman–Crippen LogP) is 6.99. The standard InChI is InChI=1S/C32H58N2O6/c1-2-28(32(39)40)34-31(38)27-23-21-26(22-24-27)25-33-29(35)19-17-15-13-11-9-7-5-3-4-6-8-10-12-14-16-18-20-30(36)37/h26-28H,2-25H2,1H3,(H,33,35)(H,34,38)(H,36,37)(H,39,40)/t26?,27?,28-/m1/s1. The molecule has 40 heavy (non-hydrogen) atoms. The maximum Gasteiger partial charge on any atom is 0.326 e. The molecule has 2 amide bonds. The maximum absolute atomic E-state index is 12.3. The highest BCUT2D eigenvalue weighted by Crippen LogP contribution is 2.28. The molecule has 0 aromatic carbocycles. The Morgan fingerprint density at radius 1 is 0.650 bits per heavy atom. The quantitative estimate of drug-likeness (QED) is 0.0880. The molecule has 0 saturated heterocycles. The Bertz CT molecular complexity index is 706. The number of aliphatic carboxylic acids is 2. The molecule has 0 aliphatic heterocycles. The van der Waals surface area contributed by atoms with Gasteiger partial charge in [0.1, 0.15) is 6.04 Å². The number of amides is 2. The lowest BCUT2D eigenvalue weighted by atomic mass is 9.81. The monoisotopic (exact) mass is 566 g/mol. The molecule has 1 saturated carbocycles. The Balaban J connectivity index is 1.87. The maximum atomic E-state index is 12.3. The van der Waals surface area contributed by atoms with E-state index in [1.807, 2.05) is 0 Å². The second-order valence-corrected chi connectivity index (χ2v) is 11.9. The van der Waals surface area contributed by atoms with Gasteiger partial charge in [0, 0.05) is 25.3 Å². The van der Waals surface area contributed by atoms with E-state index in [1.165, 1.54) is 77.0 Å². The van der Waals surface area contributed by atoms with Crippen LogP contribution in [0.2, 0.25) is 0 Å². The number of hydrogen-bond donors (Lipinski definition) is 4. The van der Waals surface area contributed by atoms with Crippen molar-refractivity contribution in [2.24, 2.45) is 11.8 Å². The molecule has 0 unspecified atom stereocenters. The summed E-state index contributed by atoms with van der Waals surface area (Å²) in [7, 11) is 0. The number of carboxylic acids is 2. The Hall–Kier alpha value is -2.12. The second-order valence-electron chi connectivity index (χ2n) is 11.9. The molecule has 232 valence electrons. The lowest BCUT2D eigenvalue weighted by molar-refractivity contribution is -0.142. The van der Waals surface area contributed by atoms with Crippen molar-refractivity contribution in [3.63, 3.8) is 0 Å². The van der Waals surface area contributed by atoms with Crippen LogP contribution in [0.5, 0.6) is 0 Å². The van der Waals surface area contributed by atoms with Crippen LogP contribution in [0.1, 0.15) is 155 Å². The number of hydrogen-bond acceptors (Lipinski definition) is 4. The smallest absolute Gasteiger partial charge is 0.326 e. The first-order valence-electron chi connectivity index (χ1n) is 16.3. The van der Waals surface area contributed by atoms with Crippen LogP contribution >= 0.6 is 0 Å². The van der Waals surface area contributed by atoms with Gasteiger partial charge >= 0.3 is 11.9 Å². The van der Waals surface area contributed by atoms with Crippen LogP contribution < -0.4 is 10.6 Å². The summed E-state index contributed by atoms with van der Waals surface area (Å²) in [5.74, 6) is -1.41. The SMILES string of the molecule is CC[C@@H](NC(=O)C1CCC(CNC(=O)CCCCCCCCCCCCCCCCCCC(=O)O)CC1)C(=O)O. The van der Waals surface area contributed by atoms with Gasteiger partial charge in [0.05, 0.1) is 0 Å². The Labute approximate surface area is 242 Å². The summed E-state index contributed by atoms with van der Waals surface area (Å²) in [6.45, 7) is 2.43. The summed E-state index contributed by atoms with van der Waals surface area (Å²) < 4.78 is 0. The van der Waals surface area contributed by atoms with Crippen molar-refractivity contribution in [3.05, 3.63) is 0 Å². The van der Waals surface area contributed by atoms with Gasteiger partial charge in [0.25, 0.3) is 0 Å². The summed E-state index contributed by atoms with van der Waals surface area (Å²) >= 11 is 0. The fraction of sp³-hybridized carbons (Fsp3) is 0.875. The van der Waals surface area contributed by atoms with Crippen molar-refractivity contribution in [1.82, 2.24) is 10.6 Å². The van der Waals surface area contributed by atoms with Crippen molar-refractivity contribution < 1.29 is 29.4 Å². The molecule has 0 radical (unpaired) electrons. The first-order chi connectivity index (χ1) is 19.3. The first kappa shape index (κ1) is 35.9. The van der Waals surface area contributed by atoms with Crippen LogP contribution in [0.15, 0.2) is 0 Å². The van der Waals surface area contributed by atoms with Gasteiger partial charge in [-0.3, -0.25) is 14.4 Å². The summed E-state index contributed by atoms with van der Waals surface area (Å²) in [6, 6.07) is -0.808. The zero-order chi connectivity index (χ0) is 29.4. The third-order valence-corrected chi connectivity index (χ3v) is 8.37. The predicted molar refractivity (Wildman–Crippen MR) is 159 cm³/mol.